The van der Waals surface area contributed by atoms with Crippen LogP contribution in [0.1, 0.15) is 13.8 Å². The van der Waals surface area contributed by atoms with E-state index in [1.54, 1.807) is 0 Å². The van der Waals surface area contributed by atoms with Gasteiger partial charge in [0.25, 0.3) is 0 Å². The van der Waals surface area contributed by atoms with Crippen LogP contribution in [0.3, 0.4) is 0 Å². The molecule has 10 N–H and O–H groups in total. The van der Waals surface area contributed by atoms with Crippen LogP contribution in [0.2, 0.25) is 0 Å². The van der Waals surface area contributed by atoms with Crippen molar-refractivity contribution in [2.24, 2.45) is 0 Å². The van der Waals surface area contributed by atoms with Gasteiger partial charge < -0.3 is 78.3 Å². The van der Waals surface area contributed by atoms with E-state index in [1.807, 2.05) is 38.8 Å². The molecule has 176 valence electrons. The molecule has 16 nitrogen and oxygen atoms in total. The first-order valence-corrected chi connectivity index (χ1v) is 13.2. The van der Waals surface area contributed by atoms with Crippen molar-refractivity contribution in [3.63, 3.8) is 0 Å². The van der Waals surface area contributed by atoms with E-state index in [1.165, 1.54) is 0 Å². The van der Waals surface area contributed by atoms with Crippen molar-refractivity contribution in [3.05, 3.63) is 0 Å². The second kappa shape index (κ2) is 15.5. The fraction of sp³-hybridized carbons (Fsp3) is 1.00. The summed E-state index contributed by atoms with van der Waals surface area (Å²) in [7, 11) is -14.0. The van der Waals surface area contributed by atoms with Crippen LogP contribution in [-0.2, 0) is 18.3 Å². The third-order valence-electron chi connectivity index (χ3n) is 2.14. The van der Waals surface area contributed by atoms with Gasteiger partial charge in [0.1, 0.15) is 0 Å². The SMILES string of the molecule is CC(O)(P(=O)([O-])O)P(=O)([O-])O.CC(O)(P(=O)([O-])O)P(=O)([O-])O.C[NH2+]C.C[NH2+]C.[Ca+2]. The molecule has 0 saturated heterocycles. The molecule has 4 atom stereocenters. The van der Waals surface area contributed by atoms with Gasteiger partial charge in [0.15, 0.2) is 40.5 Å². The number of hydrogen-bond donors (Lipinski definition) is 8. The standard InChI is InChI=1S/2C2H7N.2C2H8O7P2.Ca/c2*1-3-2;2*1-2(3,10(4,5)6)11(7,8)9;/h2*3H,1-2H3;2*3H,1H3,(H2,4,5,6)(H2,7,8,9);/q;;;;+2/p-2. The molecule has 0 radical (unpaired) electrons. The van der Waals surface area contributed by atoms with Gasteiger partial charge in [-0.1, -0.05) is 0 Å². The van der Waals surface area contributed by atoms with E-state index in [0.29, 0.717) is 0 Å². The summed E-state index contributed by atoms with van der Waals surface area (Å²) in [6.07, 6.45) is 0. The van der Waals surface area contributed by atoms with Crippen molar-refractivity contribution in [1.82, 2.24) is 0 Å². The van der Waals surface area contributed by atoms with Crippen molar-refractivity contribution in [2.45, 2.75) is 24.0 Å². The van der Waals surface area contributed by atoms with E-state index in [4.69, 9.17) is 29.8 Å². The molecular formula is C8H28CaN2O14P4. The summed E-state index contributed by atoms with van der Waals surface area (Å²) in [6, 6.07) is 0. The zero-order valence-corrected chi connectivity index (χ0v) is 22.4. The average Bonchev–Trinajstić information content (AvgIpc) is 2.35. The van der Waals surface area contributed by atoms with Crippen molar-refractivity contribution >= 4 is 68.1 Å². The van der Waals surface area contributed by atoms with Gasteiger partial charge >= 0.3 is 37.7 Å². The number of rotatable bonds is 4. The van der Waals surface area contributed by atoms with Crippen LogP contribution in [0.5, 0.6) is 0 Å². The quantitative estimate of drug-likeness (QED) is 0.121. The maximum atomic E-state index is 10.1. The molecule has 0 aromatic rings. The third-order valence-corrected chi connectivity index (χ3v) is 9.46. The maximum Gasteiger partial charge on any atom is 2.00 e. The second-order valence-corrected chi connectivity index (χ2v) is 13.5. The van der Waals surface area contributed by atoms with E-state index in [2.05, 4.69) is 0 Å². The number of nitrogens with two attached hydrogens (primary N) is 2. The topological polar surface area (TPSA) is 315 Å². The second-order valence-electron chi connectivity index (χ2n) is 5.18. The molecule has 0 amide bonds. The molecule has 0 heterocycles. The Labute approximate surface area is 197 Å². The van der Waals surface area contributed by atoms with Gasteiger partial charge in [-0.05, 0) is 13.8 Å². The molecule has 0 fully saturated rings. The molecule has 0 aliphatic heterocycles. The monoisotopic (exact) mass is 540 g/mol. The van der Waals surface area contributed by atoms with Gasteiger partial charge in [0, 0.05) is 0 Å². The predicted octanol–water partition coefficient (Wildman–Crippen LogP) is -7.27. The molecule has 0 bridgehead atoms. The zero-order chi connectivity index (χ0) is 24.4. The van der Waals surface area contributed by atoms with Crippen LogP contribution in [0.4, 0.5) is 0 Å². The average molecular weight is 540 g/mol. The van der Waals surface area contributed by atoms with E-state index in [-0.39, 0.29) is 51.6 Å². The van der Waals surface area contributed by atoms with Crippen LogP contribution in [0.15, 0.2) is 0 Å². The third kappa shape index (κ3) is 16.0. The van der Waals surface area contributed by atoms with Crippen LogP contribution in [0, 0.1) is 0 Å². The van der Waals surface area contributed by atoms with Gasteiger partial charge in [-0.2, -0.15) is 0 Å². The maximum absolute atomic E-state index is 10.1. The van der Waals surface area contributed by atoms with Gasteiger partial charge in [-0.25, -0.2) is 0 Å². The Hall–Kier alpha value is 1.70. The van der Waals surface area contributed by atoms with E-state index < -0.39 is 40.5 Å². The molecule has 0 aromatic heterocycles. The van der Waals surface area contributed by atoms with Gasteiger partial charge in [0.2, 0.25) is 0 Å². The van der Waals surface area contributed by atoms with Gasteiger partial charge in [0.05, 0.1) is 28.2 Å². The van der Waals surface area contributed by atoms with Crippen LogP contribution in [-0.4, -0.2) is 106 Å². The van der Waals surface area contributed by atoms with Crippen LogP contribution < -0.4 is 30.2 Å². The fourth-order valence-electron chi connectivity index (χ4n) is 0.319. The largest absolute Gasteiger partial charge is 2.00 e. The first-order valence-electron chi connectivity index (χ1n) is 6.91. The Balaban J connectivity index is -0.000000101. The molecule has 29 heavy (non-hydrogen) atoms. The zero-order valence-electron chi connectivity index (χ0n) is 16.6. The van der Waals surface area contributed by atoms with Crippen LogP contribution in [0.25, 0.3) is 0 Å². The van der Waals surface area contributed by atoms with Crippen molar-refractivity contribution < 1.29 is 78.3 Å². The van der Waals surface area contributed by atoms with Crippen molar-refractivity contribution in [1.29, 1.82) is 0 Å². The minimum Gasteiger partial charge on any atom is -0.776 e. The Kier molecular flexibility index (Phi) is 21.9. The molecule has 0 rings (SSSR count). The van der Waals surface area contributed by atoms with Gasteiger partial charge in [-0.15, -0.1) is 0 Å². The molecule has 21 heteroatoms. The summed E-state index contributed by atoms with van der Waals surface area (Å²) in [6.45, 7) is 0.517. The van der Waals surface area contributed by atoms with Crippen molar-refractivity contribution in [2.75, 3.05) is 28.2 Å². The Morgan fingerprint density at radius 2 is 0.655 bits per heavy atom. The number of hydrogen-bond acceptors (Lipinski definition) is 10. The summed E-state index contributed by atoms with van der Waals surface area (Å²) in [4.78, 5) is 72.8. The number of quaternary nitrogens is 2. The molecule has 4 unspecified atom stereocenters. The Bertz CT molecular complexity index is 517. The fourth-order valence-corrected chi connectivity index (χ4v) is 2.87. The summed E-state index contributed by atoms with van der Waals surface area (Å²) in [5.74, 6) is 0. The molecule has 0 saturated carbocycles. The Morgan fingerprint density at radius 1 is 0.586 bits per heavy atom. The molecule has 0 aromatic carbocycles. The van der Waals surface area contributed by atoms with Gasteiger partial charge in [-0.3, -0.25) is 0 Å². The summed E-state index contributed by atoms with van der Waals surface area (Å²) >= 11 is 0. The summed E-state index contributed by atoms with van der Waals surface area (Å²) in [5.41, 5.74) is 0. The smallest absolute Gasteiger partial charge is 0.776 e. The minimum absolute atomic E-state index is 0. The van der Waals surface area contributed by atoms with Crippen molar-refractivity contribution in [3.8, 4) is 0 Å². The molecular weight excluding hydrogens is 512 g/mol. The van der Waals surface area contributed by atoms with E-state index in [0.717, 1.165) is 0 Å². The van der Waals surface area contributed by atoms with E-state index in [9.17, 15) is 37.8 Å². The summed E-state index contributed by atoms with van der Waals surface area (Å²) in [5, 5.41) is 14.0. The van der Waals surface area contributed by atoms with Crippen LogP contribution >= 0.6 is 30.4 Å². The summed E-state index contributed by atoms with van der Waals surface area (Å²) < 4.78 is 40.4. The van der Waals surface area contributed by atoms with E-state index >= 15 is 0 Å². The normalized spacial score (nSPS) is 22.6. The molecule has 0 aliphatic rings. The molecule has 0 aliphatic carbocycles. The number of aliphatic hydroxyl groups is 2. The first-order chi connectivity index (χ1) is 11.8. The minimum atomic E-state index is -5.51. The predicted molar refractivity (Wildman–Crippen MR) is 93.8 cm³/mol. The Morgan fingerprint density at radius 3 is 0.655 bits per heavy atom. The first kappa shape index (κ1) is 41.0. The molecule has 0 spiro atoms.